The lowest BCUT2D eigenvalue weighted by Gasteiger charge is -2.61. The Labute approximate surface area is 139 Å². The summed E-state index contributed by atoms with van der Waals surface area (Å²) in [6, 6.07) is 6.56. The summed E-state index contributed by atoms with van der Waals surface area (Å²) in [4.78, 5) is 2.58. The molecule has 0 unspecified atom stereocenters. The van der Waals surface area contributed by atoms with Crippen molar-refractivity contribution in [3.8, 4) is 5.75 Å². The standard InChI is InChI=1S/C20H29NO2/c1-19(2,13-22)21-10-9-20-8-4-3-5-16(20)18(21)11-14-6-7-15(23)12-17(14)20/h6-7,12,16,18,22-23H,3-5,8-11,13H2,1-2H3/t16-,18+,20+/m0/s1. The molecule has 3 nitrogen and oxygen atoms in total. The number of fused-ring (bicyclic) bond motifs is 1. The second-order valence-electron chi connectivity index (χ2n) is 8.54. The van der Waals surface area contributed by atoms with E-state index in [1.807, 2.05) is 6.07 Å². The molecule has 0 aromatic heterocycles. The lowest BCUT2D eigenvalue weighted by atomic mass is 9.52. The molecule has 2 fully saturated rings. The second-order valence-corrected chi connectivity index (χ2v) is 8.54. The number of phenolic OH excluding ortho intramolecular Hbond substituents is 1. The van der Waals surface area contributed by atoms with Gasteiger partial charge in [0.15, 0.2) is 0 Å². The number of hydrogen-bond donors (Lipinski definition) is 2. The average Bonchev–Trinajstić information content (AvgIpc) is 2.55. The van der Waals surface area contributed by atoms with Gasteiger partial charge in [0.2, 0.25) is 0 Å². The number of likely N-dealkylation sites (tertiary alicyclic amines) is 1. The van der Waals surface area contributed by atoms with Crippen molar-refractivity contribution in [3.05, 3.63) is 29.3 Å². The Morgan fingerprint density at radius 2 is 2.09 bits per heavy atom. The van der Waals surface area contributed by atoms with Crippen molar-refractivity contribution in [2.45, 2.75) is 69.4 Å². The van der Waals surface area contributed by atoms with Crippen molar-refractivity contribution in [2.24, 2.45) is 5.92 Å². The summed E-state index contributed by atoms with van der Waals surface area (Å²) >= 11 is 0. The minimum Gasteiger partial charge on any atom is -0.508 e. The summed E-state index contributed by atoms with van der Waals surface area (Å²) in [6.45, 7) is 5.62. The van der Waals surface area contributed by atoms with Gasteiger partial charge in [-0.25, -0.2) is 0 Å². The molecule has 2 aliphatic carbocycles. The highest BCUT2D eigenvalue weighted by Crippen LogP contribution is 2.57. The van der Waals surface area contributed by atoms with Crippen LogP contribution in [0.1, 0.15) is 57.1 Å². The molecule has 3 heteroatoms. The predicted octanol–water partition coefficient (Wildman–Crippen LogP) is 3.22. The van der Waals surface area contributed by atoms with Crippen LogP contribution in [0.2, 0.25) is 0 Å². The molecule has 3 aliphatic rings. The van der Waals surface area contributed by atoms with Gasteiger partial charge in [0.25, 0.3) is 0 Å². The van der Waals surface area contributed by atoms with E-state index in [9.17, 15) is 10.2 Å². The number of rotatable bonds is 2. The van der Waals surface area contributed by atoms with Crippen molar-refractivity contribution in [1.29, 1.82) is 0 Å². The molecule has 2 N–H and O–H groups in total. The molecule has 2 bridgehead atoms. The van der Waals surface area contributed by atoms with E-state index >= 15 is 0 Å². The van der Waals surface area contributed by atoms with Crippen LogP contribution in [-0.4, -0.2) is 39.8 Å². The Bertz CT molecular complexity index is 612. The van der Waals surface area contributed by atoms with Crippen molar-refractivity contribution < 1.29 is 10.2 Å². The van der Waals surface area contributed by atoms with Gasteiger partial charge in [-0.1, -0.05) is 18.9 Å². The van der Waals surface area contributed by atoms with Gasteiger partial charge in [-0.15, -0.1) is 0 Å². The topological polar surface area (TPSA) is 43.7 Å². The van der Waals surface area contributed by atoms with Gasteiger partial charge in [0.05, 0.1) is 6.61 Å². The first kappa shape index (κ1) is 15.5. The largest absolute Gasteiger partial charge is 0.508 e. The maximum atomic E-state index is 10.0. The third kappa shape index (κ3) is 2.16. The van der Waals surface area contributed by atoms with E-state index in [1.165, 1.54) is 36.8 Å². The molecule has 0 amide bonds. The summed E-state index contributed by atoms with van der Waals surface area (Å²) in [7, 11) is 0. The van der Waals surface area contributed by atoms with Gasteiger partial charge in [-0.2, -0.15) is 0 Å². The maximum Gasteiger partial charge on any atom is 0.115 e. The fraction of sp³-hybridized carbons (Fsp3) is 0.700. The van der Waals surface area contributed by atoms with Crippen molar-refractivity contribution in [2.75, 3.05) is 13.2 Å². The summed E-state index contributed by atoms with van der Waals surface area (Å²) < 4.78 is 0. The van der Waals surface area contributed by atoms with Gasteiger partial charge >= 0.3 is 0 Å². The van der Waals surface area contributed by atoms with Crippen LogP contribution in [0.5, 0.6) is 5.75 Å². The van der Waals surface area contributed by atoms with Crippen LogP contribution in [-0.2, 0) is 11.8 Å². The third-order valence-corrected chi connectivity index (χ3v) is 6.98. The number of nitrogens with zero attached hydrogens (tertiary/aromatic N) is 1. The number of benzene rings is 1. The Hall–Kier alpha value is -1.06. The summed E-state index contributed by atoms with van der Waals surface area (Å²) in [5.74, 6) is 1.09. The Morgan fingerprint density at radius 1 is 1.26 bits per heavy atom. The van der Waals surface area contributed by atoms with E-state index in [-0.39, 0.29) is 17.6 Å². The molecule has 1 aromatic carbocycles. The van der Waals surface area contributed by atoms with E-state index in [0.29, 0.717) is 17.7 Å². The molecule has 1 aliphatic heterocycles. The third-order valence-electron chi connectivity index (χ3n) is 6.98. The fourth-order valence-electron chi connectivity index (χ4n) is 5.84. The number of aliphatic hydroxyl groups excluding tert-OH is 1. The minimum atomic E-state index is -0.150. The van der Waals surface area contributed by atoms with Gasteiger partial charge in [-0.3, -0.25) is 4.90 Å². The van der Waals surface area contributed by atoms with Gasteiger partial charge < -0.3 is 10.2 Å². The Morgan fingerprint density at radius 3 is 2.87 bits per heavy atom. The first-order valence-electron chi connectivity index (χ1n) is 9.18. The zero-order valence-corrected chi connectivity index (χ0v) is 14.4. The van der Waals surface area contributed by atoms with Crippen LogP contribution in [0.15, 0.2) is 18.2 Å². The van der Waals surface area contributed by atoms with Crippen LogP contribution in [0.3, 0.4) is 0 Å². The quantitative estimate of drug-likeness (QED) is 0.881. The molecular weight excluding hydrogens is 286 g/mol. The fourth-order valence-corrected chi connectivity index (χ4v) is 5.84. The summed E-state index contributed by atoms with van der Waals surface area (Å²) in [5.41, 5.74) is 2.96. The lowest BCUT2D eigenvalue weighted by Crippen LogP contribution is -2.66. The molecule has 1 saturated heterocycles. The van der Waals surface area contributed by atoms with E-state index in [2.05, 4.69) is 30.9 Å². The van der Waals surface area contributed by atoms with Crippen LogP contribution in [0.25, 0.3) is 0 Å². The number of aliphatic hydroxyl groups is 1. The first-order chi connectivity index (χ1) is 11.0. The highest BCUT2D eigenvalue weighted by Gasteiger charge is 2.55. The average molecular weight is 315 g/mol. The molecule has 126 valence electrons. The maximum absolute atomic E-state index is 10.0. The second kappa shape index (κ2) is 5.22. The van der Waals surface area contributed by atoms with Crippen LogP contribution in [0.4, 0.5) is 0 Å². The molecule has 23 heavy (non-hydrogen) atoms. The molecule has 1 aromatic rings. The minimum absolute atomic E-state index is 0.150. The smallest absolute Gasteiger partial charge is 0.115 e. The van der Waals surface area contributed by atoms with Crippen LogP contribution < -0.4 is 0 Å². The Balaban J connectivity index is 1.83. The molecule has 1 saturated carbocycles. The van der Waals surface area contributed by atoms with E-state index < -0.39 is 0 Å². The van der Waals surface area contributed by atoms with Gasteiger partial charge in [-0.05, 0) is 75.3 Å². The summed E-state index contributed by atoms with van der Waals surface area (Å²) in [6.07, 6.45) is 7.40. The van der Waals surface area contributed by atoms with Crippen LogP contribution >= 0.6 is 0 Å². The monoisotopic (exact) mass is 315 g/mol. The van der Waals surface area contributed by atoms with Crippen LogP contribution in [0, 0.1) is 5.92 Å². The van der Waals surface area contributed by atoms with Crippen molar-refractivity contribution >= 4 is 0 Å². The zero-order chi connectivity index (χ0) is 16.2. The molecular formula is C20H29NO2. The summed E-state index contributed by atoms with van der Waals surface area (Å²) in [5, 5.41) is 19.9. The molecule has 1 heterocycles. The number of aromatic hydroxyl groups is 1. The van der Waals surface area contributed by atoms with Gasteiger partial charge in [0, 0.05) is 17.0 Å². The molecule has 4 rings (SSSR count). The van der Waals surface area contributed by atoms with Gasteiger partial charge in [0.1, 0.15) is 5.75 Å². The molecule has 3 atom stereocenters. The number of phenols is 1. The lowest BCUT2D eigenvalue weighted by molar-refractivity contribution is -0.0745. The predicted molar refractivity (Wildman–Crippen MR) is 91.7 cm³/mol. The zero-order valence-electron chi connectivity index (χ0n) is 14.4. The highest BCUT2D eigenvalue weighted by molar-refractivity contribution is 5.45. The number of piperidine rings is 1. The SMILES string of the molecule is CC(C)(CO)N1CC[C@]23CCCC[C@H]2[C@H]1Cc1ccc(O)cc13. The van der Waals surface area contributed by atoms with Crippen molar-refractivity contribution in [3.63, 3.8) is 0 Å². The normalized spacial score (nSPS) is 33.9. The van der Waals surface area contributed by atoms with Crippen molar-refractivity contribution in [1.82, 2.24) is 4.90 Å². The Kier molecular flexibility index (Phi) is 3.51. The molecule has 0 radical (unpaired) electrons. The van der Waals surface area contributed by atoms with E-state index in [4.69, 9.17) is 0 Å². The number of hydrogen-bond acceptors (Lipinski definition) is 3. The first-order valence-corrected chi connectivity index (χ1v) is 9.18. The highest BCUT2D eigenvalue weighted by atomic mass is 16.3. The van der Waals surface area contributed by atoms with E-state index in [0.717, 1.165) is 19.4 Å². The van der Waals surface area contributed by atoms with E-state index in [1.54, 1.807) is 0 Å². The molecule has 0 spiro atoms.